The van der Waals surface area contributed by atoms with E-state index in [1.54, 1.807) is 0 Å². The highest BCUT2D eigenvalue weighted by molar-refractivity contribution is 8.13. The summed E-state index contributed by atoms with van der Waals surface area (Å²) in [4.78, 5) is 18.2. The summed E-state index contributed by atoms with van der Waals surface area (Å²) < 4.78 is 0. The van der Waals surface area contributed by atoms with E-state index in [9.17, 15) is 4.79 Å². The van der Waals surface area contributed by atoms with E-state index in [1.807, 2.05) is 24.3 Å². The highest BCUT2D eigenvalue weighted by atomic mass is 32.2. The molecule has 1 fully saturated rings. The first-order chi connectivity index (χ1) is 9.16. The Morgan fingerprint density at radius 2 is 2.11 bits per heavy atom. The molecule has 0 amide bonds. The van der Waals surface area contributed by atoms with Crippen molar-refractivity contribution in [2.24, 2.45) is 5.92 Å². The van der Waals surface area contributed by atoms with Gasteiger partial charge in [-0.2, -0.15) is 10.5 Å². The molecule has 0 spiro atoms. The van der Waals surface area contributed by atoms with Crippen molar-refractivity contribution < 1.29 is 9.63 Å². The molecule has 1 unspecified atom stereocenters. The van der Waals surface area contributed by atoms with Crippen molar-refractivity contribution in [1.82, 2.24) is 0 Å². The van der Waals surface area contributed by atoms with Gasteiger partial charge in [-0.3, -0.25) is 0 Å². The van der Waals surface area contributed by atoms with Gasteiger partial charge in [0.1, 0.15) is 0 Å². The fourth-order valence-electron chi connectivity index (χ4n) is 2.31. The van der Waals surface area contributed by atoms with Crippen LogP contribution in [0.5, 0.6) is 0 Å². The lowest BCUT2D eigenvalue weighted by atomic mass is 9.89. The van der Waals surface area contributed by atoms with Crippen LogP contribution in [0.2, 0.25) is 0 Å². The fraction of sp³-hybridized carbons (Fsp3) is 0.467. The van der Waals surface area contributed by atoms with E-state index in [0.717, 1.165) is 36.3 Å². The Bertz CT molecular complexity index is 467. The van der Waals surface area contributed by atoms with E-state index in [0.29, 0.717) is 0 Å². The zero-order valence-electron chi connectivity index (χ0n) is 11.4. The Hall–Kier alpha value is -1.29. The Labute approximate surface area is 117 Å². The van der Waals surface area contributed by atoms with Crippen LogP contribution < -0.4 is 5.48 Å². The zero-order chi connectivity index (χ0) is 13.7. The number of carbonyl (C=O) groups is 1. The molecule has 1 saturated carbocycles. The van der Waals surface area contributed by atoms with Crippen molar-refractivity contribution in [3.8, 4) is 0 Å². The average molecular weight is 279 g/mol. The lowest BCUT2D eigenvalue weighted by molar-refractivity contribution is -0.146. The largest absolute Gasteiger partial charge is 0.343 e. The molecule has 0 heterocycles. The second kappa shape index (κ2) is 6.75. The first-order valence-electron chi connectivity index (χ1n) is 6.69. The summed E-state index contributed by atoms with van der Waals surface area (Å²) in [5, 5.41) is 0. The van der Waals surface area contributed by atoms with Gasteiger partial charge in [0.2, 0.25) is 0 Å². The molecule has 1 N–H and O–H groups in total. The van der Waals surface area contributed by atoms with Crippen molar-refractivity contribution in [2.45, 2.75) is 37.0 Å². The van der Waals surface area contributed by atoms with Crippen LogP contribution in [-0.2, 0) is 9.63 Å². The number of rotatable bonds is 4. The minimum absolute atomic E-state index is 0.0383. The van der Waals surface area contributed by atoms with Gasteiger partial charge in [0.25, 0.3) is 0 Å². The number of benzene rings is 1. The monoisotopic (exact) mass is 279 g/mol. The van der Waals surface area contributed by atoms with Crippen LogP contribution in [-0.4, -0.2) is 18.1 Å². The van der Waals surface area contributed by atoms with Crippen molar-refractivity contribution in [1.29, 1.82) is 0 Å². The van der Waals surface area contributed by atoms with Crippen molar-refractivity contribution >= 4 is 28.0 Å². The average Bonchev–Trinajstić information content (AvgIpc) is 2.46. The highest BCUT2D eigenvalue weighted by Gasteiger charge is 2.22. The highest BCUT2D eigenvalue weighted by Crippen LogP contribution is 2.26. The minimum atomic E-state index is -0.129. The molecule has 1 atom stereocenters. The molecule has 0 bridgehead atoms. The Kier molecular flexibility index (Phi) is 5.02. The standard InChI is InChI=1S/C15H21NO2S/c1-19(2)14-10-6-9-13(11-14)16-18-15(17)12-7-4-3-5-8-12/h6,9-12,16H,1,3-5,7-8H2,2H3. The Morgan fingerprint density at radius 3 is 2.79 bits per heavy atom. The molecule has 1 aromatic carbocycles. The van der Waals surface area contributed by atoms with Gasteiger partial charge < -0.3 is 4.84 Å². The molecule has 1 aliphatic rings. The third-order valence-corrected chi connectivity index (χ3v) is 4.50. The molecule has 0 aromatic heterocycles. The molecule has 1 aromatic rings. The Balaban J connectivity index is 1.89. The van der Waals surface area contributed by atoms with Gasteiger partial charge in [0.05, 0.1) is 11.6 Å². The number of hydrogen-bond acceptors (Lipinski definition) is 3. The maximum absolute atomic E-state index is 11.9. The summed E-state index contributed by atoms with van der Waals surface area (Å²) in [5.74, 6) is 3.95. The minimum Gasteiger partial charge on any atom is -0.343 e. The van der Waals surface area contributed by atoms with Gasteiger partial charge in [-0.15, -0.1) is 0 Å². The van der Waals surface area contributed by atoms with Crippen LogP contribution in [0.4, 0.5) is 5.69 Å². The molecule has 19 heavy (non-hydrogen) atoms. The lowest BCUT2D eigenvalue weighted by Crippen LogP contribution is -2.22. The number of anilines is 1. The van der Waals surface area contributed by atoms with Gasteiger partial charge in [-0.25, -0.2) is 10.3 Å². The fourth-order valence-corrected chi connectivity index (χ4v) is 2.95. The van der Waals surface area contributed by atoms with Crippen molar-refractivity contribution in [3.05, 3.63) is 24.3 Å². The quantitative estimate of drug-likeness (QED) is 0.672. The number of nitrogens with one attached hydrogen (secondary N) is 1. The lowest BCUT2D eigenvalue weighted by Gasteiger charge is -2.19. The van der Waals surface area contributed by atoms with Gasteiger partial charge in [0.15, 0.2) is 0 Å². The molecule has 0 radical (unpaired) electrons. The second-order valence-corrected chi connectivity index (χ2v) is 6.77. The normalized spacial score (nSPS) is 17.7. The number of carbonyl (C=O) groups excluding carboxylic acids is 1. The van der Waals surface area contributed by atoms with Gasteiger partial charge in [-0.1, -0.05) is 31.2 Å². The van der Waals surface area contributed by atoms with E-state index in [1.165, 1.54) is 6.42 Å². The predicted octanol–water partition coefficient (Wildman–Crippen LogP) is 3.83. The maximum Gasteiger partial charge on any atom is 0.335 e. The van der Waals surface area contributed by atoms with Crippen LogP contribution >= 0.6 is 10.5 Å². The van der Waals surface area contributed by atoms with E-state index in [-0.39, 0.29) is 22.4 Å². The molecule has 4 heteroatoms. The number of hydrogen-bond donors (Lipinski definition) is 1. The van der Waals surface area contributed by atoms with Gasteiger partial charge in [0, 0.05) is 4.90 Å². The maximum atomic E-state index is 11.9. The summed E-state index contributed by atoms with van der Waals surface area (Å²) >= 11 is 0. The van der Waals surface area contributed by atoms with Crippen LogP contribution in [0.3, 0.4) is 0 Å². The van der Waals surface area contributed by atoms with E-state index in [2.05, 4.69) is 17.6 Å². The second-order valence-electron chi connectivity index (χ2n) is 5.02. The Morgan fingerprint density at radius 1 is 1.37 bits per heavy atom. The first-order valence-corrected chi connectivity index (χ1v) is 8.49. The summed E-state index contributed by atoms with van der Waals surface area (Å²) in [6.45, 7) is 0. The van der Waals surface area contributed by atoms with Crippen molar-refractivity contribution in [2.75, 3.05) is 11.7 Å². The summed E-state index contributed by atoms with van der Waals surface area (Å²) in [5.41, 5.74) is 3.57. The molecule has 0 saturated heterocycles. The van der Waals surface area contributed by atoms with Crippen LogP contribution in [0, 0.1) is 5.92 Å². The molecule has 1 aliphatic carbocycles. The molecule has 3 nitrogen and oxygen atoms in total. The molecule has 0 aliphatic heterocycles. The van der Waals surface area contributed by atoms with Crippen LogP contribution in [0.25, 0.3) is 0 Å². The molecular weight excluding hydrogens is 258 g/mol. The van der Waals surface area contributed by atoms with E-state index < -0.39 is 0 Å². The van der Waals surface area contributed by atoms with Gasteiger partial charge in [-0.05, 0) is 37.3 Å². The summed E-state index contributed by atoms with van der Waals surface area (Å²) in [7, 11) is -0.0383. The summed E-state index contributed by atoms with van der Waals surface area (Å²) in [6.07, 6.45) is 7.48. The van der Waals surface area contributed by atoms with E-state index >= 15 is 0 Å². The smallest absolute Gasteiger partial charge is 0.335 e. The van der Waals surface area contributed by atoms with Gasteiger partial charge >= 0.3 is 5.97 Å². The third kappa shape index (κ3) is 4.10. The molecular formula is C15H21NO2S. The van der Waals surface area contributed by atoms with E-state index in [4.69, 9.17) is 4.84 Å². The van der Waals surface area contributed by atoms with Crippen LogP contribution in [0.15, 0.2) is 29.2 Å². The SMILES string of the molecule is C=S(C)c1cccc(NOC(=O)C2CCCCC2)c1. The van der Waals surface area contributed by atoms with Crippen LogP contribution in [0.1, 0.15) is 32.1 Å². The van der Waals surface area contributed by atoms with Crippen molar-refractivity contribution in [3.63, 3.8) is 0 Å². The first kappa shape index (κ1) is 14.1. The third-order valence-electron chi connectivity index (χ3n) is 3.44. The molecule has 104 valence electrons. The zero-order valence-corrected chi connectivity index (χ0v) is 12.2. The topological polar surface area (TPSA) is 38.3 Å². The summed E-state index contributed by atoms with van der Waals surface area (Å²) in [6, 6.07) is 7.85. The predicted molar refractivity (Wildman–Crippen MR) is 81.6 cm³/mol. The molecule has 2 rings (SSSR count).